The second kappa shape index (κ2) is 7.03. The van der Waals surface area contributed by atoms with Gasteiger partial charge in [0, 0.05) is 19.2 Å². The summed E-state index contributed by atoms with van der Waals surface area (Å²) in [7, 11) is 0. The average Bonchev–Trinajstić information content (AvgIpc) is 2.48. The van der Waals surface area contributed by atoms with E-state index in [1.54, 1.807) is 0 Å². The number of carbonyl (C=O) groups is 1. The number of nitrogens with one attached hydrogen (secondary N) is 1. The summed E-state index contributed by atoms with van der Waals surface area (Å²) in [5, 5.41) is 22.9. The van der Waals surface area contributed by atoms with E-state index in [1.807, 2.05) is 0 Å². The lowest BCUT2D eigenvalue weighted by Gasteiger charge is -2.26. The number of hydrogen-bond acceptors (Lipinski definition) is 5. The first kappa shape index (κ1) is 15.2. The molecule has 7 nitrogen and oxygen atoms in total. The van der Waals surface area contributed by atoms with Gasteiger partial charge in [0.15, 0.2) is 0 Å². The number of anilines is 1. The summed E-state index contributed by atoms with van der Waals surface area (Å²) in [4.78, 5) is 23.6. The number of aromatic carboxylic acids is 1. The molecule has 0 radical (unpaired) electrons. The van der Waals surface area contributed by atoms with Crippen molar-refractivity contribution in [1.82, 2.24) is 4.90 Å². The van der Waals surface area contributed by atoms with E-state index in [0.29, 0.717) is 12.2 Å². The van der Waals surface area contributed by atoms with Gasteiger partial charge in [-0.3, -0.25) is 10.1 Å². The van der Waals surface area contributed by atoms with Crippen LogP contribution in [0.1, 0.15) is 29.6 Å². The van der Waals surface area contributed by atoms with Crippen LogP contribution in [-0.2, 0) is 0 Å². The Kier molecular flexibility index (Phi) is 5.10. The van der Waals surface area contributed by atoms with E-state index in [4.69, 9.17) is 5.11 Å². The summed E-state index contributed by atoms with van der Waals surface area (Å²) in [5.41, 5.74) is 0.0823. The highest BCUT2D eigenvalue weighted by Gasteiger charge is 2.17. The predicted molar refractivity (Wildman–Crippen MR) is 78.8 cm³/mol. The minimum atomic E-state index is -1.17. The maximum absolute atomic E-state index is 11.0. The van der Waals surface area contributed by atoms with Gasteiger partial charge in [-0.2, -0.15) is 0 Å². The summed E-state index contributed by atoms with van der Waals surface area (Å²) in [6.45, 7) is 3.58. The van der Waals surface area contributed by atoms with Gasteiger partial charge in [0.1, 0.15) is 5.69 Å². The number of carboxylic acids is 1. The van der Waals surface area contributed by atoms with Crippen molar-refractivity contribution < 1.29 is 14.8 Å². The van der Waals surface area contributed by atoms with Crippen LogP contribution < -0.4 is 5.32 Å². The minimum absolute atomic E-state index is 0.0803. The first-order valence-corrected chi connectivity index (χ1v) is 7.06. The zero-order chi connectivity index (χ0) is 15.2. The molecule has 1 saturated heterocycles. The number of hydrogen-bond donors (Lipinski definition) is 2. The molecule has 0 amide bonds. The summed E-state index contributed by atoms with van der Waals surface area (Å²) < 4.78 is 0. The fourth-order valence-corrected chi connectivity index (χ4v) is 2.50. The second-order valence-corrected chi connectivity index (χ2v) is 5.12. The molecule has 1 heterocycles. The number of nitro benzene ring substituents is 1. The fraction of sp³-hybridized carbons (Fsp3) is 0.500. The van der Waals surface area contributed by atoms with E-state index in [9.17, 15) is 14.9 Å². The highest BCUT2D eigenvalue weighted by molar-refractivity contribution is 5.89. The van der Waals surface area contributed by atoms with Crippen molar-refractivity contribution >= 4 is 17.3 Å². The molecule has 1 aliphatic rings. The van der Waals surface area contributed by atoms with Crippen LogP contribution in [0.4, 0.5) is 11.4 Å². The van der Waals surface area contributed by atoms with Crippen LogP contribution in [0.3, 0.4) is 0 Å². The molecule has 114 valence electrons. The van der Waals surface area contributed by atoms with E-state index < -0.39 is 10.9 Å². The fourth-order valence-electron chi connectivity index (χ4n) is 2.50. The van der Waals surface area contributed by atoms with Crippen molar-refractivity contribution in [2.24, 2.45) is 0 Å². The largest absolute Gasteiger partial charge is 0.478 e. The Morgan fingerprint density at radius 3 is 2.67 bits per heavy atom. The van der Waals surface area contributed by atoms with Crippen LogP contribution in [0.5, 0.6) is 0 Å². The highest BCUT2D eigenvalue weighted by atomic mass is 16.6. The van der Waals surface area contributed by atoms with Crippen LogP contribution in [0.25, 0.3) is 0 Å². The molecule has 0 atom stereocenters. The number of likely N-dealkylation sites (tertiary alicyclic amines) is 1. The standard InChI is InChI=1S/C14H19N3O4/c18-14(19)11-4-5-12(13(10-11)17(20)21)15-6-9-16-7-2-1-3-8-16/h4-5,10,15H,1-3,6-9H2,(H,18,19). The third kappa shape index (κ3) is 4.16. The Balaban J connectivity index is 1.98. The maximum atomic E-state index is 11.0. The molecule has 21 heavy (non-hydrogen) atoms. The SMILES string of the molecule is O=C(O)c1ccc(NCCN2CCCCC2)c([N+](=O)[O-])c1. The van der Waals surface area contributed by atoms with Gasteiger partial charge >= 0.3 is 5.97 Å². The molecule has 7 heteroatoms. The van der Waals surface area contributed by atoms with E-state index in [1.165, 1.54) is 31.4 Å². The van der Waals surface area contributed by atoms with Gasteiger partial charge in [-0.25, -0.2) is 4.79 Å². The van der Waals surface area contributed by atoms with Gasteiger partial charge in [0.2, 0.25) is 0 Å². The molecule has 1 fully saturated rings. The molecule has 2 rings (SSSR count). The van der Waals surface area contributed by atoms with Crippen molar-refractivity contribution in [2.75, 3.05) is 31.5 Å². The van der Waals surface area contributed by atoms with Crippen molar-refractivity contribution in [3.63, 3.8) is 0 Å². The van der Waals surface area contributed by atoms with Crippen molar-refractivity contribution in [2.45, 2.75) is 19.3 Å². The number of benzene rings is 1. The topological polar surface area (TPSA) is 95.7 Å². The minimum Gasteiger partial charge on any atom is -0.478 e. The molecule has 0 bridgehead atoms. The number of carboxylic acid groups (broad SMARTS) is 1. The molecule has 0 unspecified atom stereocenters. The van der Waals surface area contributed by atoms with E-state index >= 15 is 0 Å². The van der Waals surface area contributed by atoms with Crippen molar-refractivity contribution in [1.29, 1.82) is 0 Å². The Morgan fingerprint density at radius 1 is 1.33 bits per heavy atom. The number of piperidine rings is 1. The first-order chi connectivity index (χ1) is 10.1. The number of nitro groups is 1. The maximum Gasteiger partial charge on any atom is 0.335 e. The second-order valence-electron chi connectivity index (χ2n) is 5.12. The lowest BCUT2D eigenvalue weighted by Crippen LogP contribution is -2.33. The van der Waals surface area contributed by atoms with Gasteiger partial charge in [-0.15, -0.1) is 0 Å². The number of rotatable bonds is 6. The summed E-state index contributed by atoms with van der Waals surface area (Å²) in [6.07, 6.45) is 3.67. The molecular weight excluding hydrogens is 274 g/mol. The van der Waals surface area contributed by atoms with E-state index in [2.05, 4.69) is 10.2 Å². The van der Waals surface area contributed by atoms with Gasteiger partial charge in [0.25, 0.3) is 5.69 Å². The lowest BCUT2D eigenvalue weighted by atomic mass is 10.1. The van der Waals surface area contributed by atoms with Gasteiger partial charge in [0.05, 0.1) is 10.5 Å². The normalized spacial score (nSPS) is 15.6. The van der Waals surface area contributed by atoms with Crippen LogP contribution in [0, 0.1) is 10.1 Å². The first-order valence-electron chi connectivity index (χ1n) is 7.06. The van der Waals surface area contributed by atoms with Crippen LogP contribution >= 0.6 is 0 Å². The Bertz CT molecular complexity index is 527. The van der Waals surface area contributed by atoms with Gasteiger partial charge in [-0.05, 0) is 38.1 Å². The Labute approximate surface area is 122 Å². The summed E-state index contributed by atoms with van der Waals surface area (Å²) in [5.74, 6) is -1.17. The molecule has 0 aliphatic carbocycles. The van der Waals surface area contributed by atoms with Crippen LogP contribution in [0.2, 0.25) is 0 Å². The molecule has 0 aromatic heterocycles. The molecule has 0 spiro atoms. The highest BCUT2D eigenvalue weighted by Crippen LogP contribution is 2.25. The number of nitrogens with zero attached hydrogens (tertiary/aromatic N) is 2. The molecule has 1 aromatic rings. The third-order valence-corrected chi connectivity index (χ3v) is 3.63. The Morgan fingerprint density at radius 2 is 2.05 bits per heavy atom. The zero-order valence-corrected chi connectivity index (χ0v) is 11.7. The monoisotopic (exact) mass is 293 g/mol. The summed E-state index contributed by atoms with van der Waals surface area (Å²) in [6, 6.07) is 3.92. The quantitative estimate of drug-likeness (QED) is 0.616. The summed E-state index contributed by atoms with van der Waals surface area (Å²) >= 11 is 0. The van der Waals surface area contributed by atoms with Gasteiger partial charge in [-0.1, -0.05) is 6.42 Å². The lowest BCUT2D eigenvalue weighted by molar-refractivity contribution is -0.384. The predicted octanol–water partition coefficient (Wildman–Crippen LogP) is 2.19. The molecular formula is C14H19N3O4. The van der Waals surface area contributed by atoms with Crippen molar-refractivity contribution in [3.05, 3.63) is 33.9 Å². The average molecular weight is 293 g/mol. The molecule has 0 saturated carbocycles. The van der Waals surface area contributed by atoms with Crippen LogP contribution in [0.15, 0.2) is 18.2 Å². The zero-order valence-electron chi connectivity index (χ0n) is 11.7. The van der Waals surface area contributed by atoms with Crippen molar-refractivity contribution in [3.8, 4) is 0 Å². The molecule has 2 N–H and O–H groups in total. The third-order valence-electron chi connectivity index (χ3n) is 3.63. The smallest absolute Gasteiger partial charge is 0.335 e. The molecule has 1 aliphatic heterocycles. The van der Waals surface area contributed by atoms with Gasteiger partial charge < -0.3 is 15.3 Å². The Hall–Kier alpha value is -2.15. The molecule has 1 aromatic carbocycles. The van der Waals surface area contributed by atoms with E-state index in [0.717, 1.165) is 25.7 Å². The van der Waals surface area contributed by atoms with E-state index in [-0.39, 0.29) is 11.3 Å². The van der Waals surface area contributed by atoms with Crippen LogP contribution in [-0.4, -0.2) is 47.1 Å².